The Morgan fingerprint density at radius 2 is 2.33 bits per heavy atom. The van der Waals surface area contributed by atoms with Gasteiger partial charge >= 0.3 is 0 Å². The van der Waals surface area contributed by atoms with Crippen LogP contribution in [0.15, 0.2) is 12.4 Å². The fourth-order valence-corrected chi connectivity index (χ4v) is 2.69. The summed E-state index contributed by atoms with van der Waals surface area (Å²) >= 11 is 0. The van der Waals surface area contributed by atoms with Crippen molar-refractivity contribution in [1.29, 1.82) is 0 Å². The third-order valence-electron chi connectivity index (χ3n) is 3.99. The minimum Gasteiger partial charge on any atom is -0.355 e. The highest BCUT2D eigenvalue weighted by Crippen LogP contribution is 2.12. The molecule has 1 amide bonds. The Bertz CT molecular complexity index is 457. The largest absolute Gasteiger partial charge is 0.355 e. The second kappa shape index (κ2) is 7.56. The van der Waals surface area contributed by atoms with Crippen molar-refractivity contribution in [3.63, 3.8) is 0 Å². The quantitative estimate of drug-likeness (QED) is 0.736. The Kier molecular flexibility index (Phi) is 5.76. The summed E-state index contributed by atoms with van der Waals surface area (Å²) < 4.78 is 1.92. The molecule has 0 bridgehead atoms. The second-order valence-corrected chi connectivity index (χ2v) is 6.13. The zero-order chi connectivity index (χ0) is 15.2. The molecule has 2 heterocycles. The van der Waals surface area contributed by atoms with E-state index in [2.05, 4.69) is 34.3 Å². The van der Waals surface area contributed by atoms with Gasteiger partial charge in [0.15, 0.2) is 0 Å². The summed E-state index contributed by atoms with van der Waals surface area (Å²) in [6.07, 6.45) is 5.94. The minimum absolute atomic E-state index is 0.131. The van der Waals surface area contributed by atoms with Crippen LogP contribution in [-0.4, -0.2) is 71.8 Å². The fraction of sp³-hybridized carbons (Fsp3) is 0.733. The van der Waals surface area contributed by atoms with Gasteiger partial charge in [-0.1, -0.05) is 0 Å². The standard InChI is InChI=1S/C15H27N5O/c1-13-9-17-20(10-13)7-4-6-16-15(21)12-19-8-5-14(11-19)18(2)3/h9-10,14H,4-8,11-12H2,1-3H3,(H,16,21)/t14-/m0/s1. The van der Waals surface area contributed by atoms with Crippen LogP contribution >= 0.6 is 0 Å². The number of amides is 1. The number of nitrogens with zero attached hydrogens (tertiary/aromatic N) is 4. The summed E-state index contributed by atoms with van der Waals surface area (Å²) in [7, 11) is 4.20. The minimum atomic E-state index is 0.131. The van der Waals surface area contributed by atoms with Crippen molar-refractivity contribution >= 4 is 5.91 Å². The number of likely N-dealkylation sites (tertiary alicyclic amines) is 1. The van der Waals surface area contributed by atoms with Gasteiger partial charge in [-0.05, 0) is 39.4 Å². The number of nitrogens with one attached hydrogen (secondary N) is 1. The summed E-state index contributed by atoms with van der Waals surface area (Å²) in [6.45, 7) is 6.12. The van der Waals surface area contributed by atoms with Gasteiger partial charge in [-0.3, -0.25) is 14.4 Å². The van der Waals surface area contributed by atoms with Crippen molar-refractivity contribution in [2.75, 3.05) is 40.3 Å². The molecule has 118 valence electrons. The molecule has 6 heteroatoms. The van der Waals surface area contributed by atoms with E-state index in [1.807, 2.05) is 24.0 Å². The molecule has 1 aliphatic heterocycles. The lowest BCUT2D eigenvalue weighted by atomic mass is 10.2. The van der Waals surface area contributed by atoms with E-state index >= 15 is 0 Å². The topological polar surface area (TPSA) is 53.4 Å². The van der Waals surface area contributed by atoms with Crippen LogP contribution in [0, 0.1) is 6.92 Å². The molecule has 21 heavy (non-hydrogen) atoms. The average Bonchev–Trinajstić information content (AvgIpc) is 3.04. The molecule has 1 fully saturated rings. The summed E-state index contributed by atoms with van der Waals surface area (Å²) in [6, 6.07) is 0.584. The number of likely N-dealkylation sites (N-methyl/N-ethyl adjacent to an activating group) is 1. The number of rotatable bonds is 7. The number of carbonyl (C=O) groups excluding carboxylic acids is 1. The van der Waals surface area contributed by atoms with Gasteiger partial charge in [0.05, 0.1) is 12.7 Å². The predicted molar refractivity (Wildman–Crippen MR) is 83.1 cm³/mol. The number of hydrogen-bond donors (Lipinski definition) is 1. The highest BCUT2D eigenvalue weighted by Gasteiger charge is 2.24. The average molecular weight is 293 g/mol. The van der Waals surface area contributed by atoms with E-state index in [1.165, 1.54) is 5.56 Å². The molecule has 1 saturated heterocycles. The summed E-state index contributed by atoms with van der Waals surface area (Å²) in [4.78, 5) is 16.4. The van der Waals surface area contributed by atoms with Crippen molar-refractivity contribution in [2.45, 2.75) is 32.4 Å². The zero-order valence-electron chi connectivity index (χ0n) is 13.4. The normalized spacial score (nSPS) is 19.3. The van der Waals surface area contributed by atoms with Gasteiger partial charge < -0.3 is 10.2 Å². The molecule has 1 aromatic heterocycles. The van der Waals surface area contributed by atoms with Gasteiger partial charge in [-0.15, -0.1) is 0 Å². The Hall–Kier alpha value is -1.40. The molecule has 0 aliphatic carbocycles. The first-order valence-electron chi connectivity index (χ1n) is 7.69. The molecule has 0 radical (unpaired) electrons. The van der Waals surface area contributed by atoms with E-state index in [0.717, 1.165) is 32.5 Å². The van der Waals surface area contributed by atoms with Crippen molar-refractivity contribution in [1.82, 2.24) is 24.9 Å². The van der Waals surface area contributed by atoms with Crippen LogP contribution in [-0.2, 0) is 11.3 Å². The van der Waals surface area contributed by atoms with Crippen molar-refractivity contribution in [3.05, 3.63) is 18.0 Å². The number of carbonyl (C=O) groups is 1. The molecule has 0 spiro atoms. The summed E-state index contributed by atoms with van der Waals surface area (Å²) in [5.74, 6) is 0.131. The van der Waals surface area contributed by atoms with E-state index in [-0.39, 0.29) is 5.91 Å². The van der Waals surface area contributed by atoms with Crippen LogP contribution in [0.4, 0.5) is 0 Å². The van der Waals surface area contributed by atoms with Crippen molar-refractivity contribution in [2.24, 2.45) is 0 Å². The molecular formula is C15H27N5O. The predicted octanol–water partition coefficient (Wildman–Crippen LogP) is 0.334. The molecular weight excluding hydrogens is 266 g/mol. The van der Waals surface area contributed by atoms with E-state index in [4.69, 9.17) is 0 Å². The fourth-order valence-electron chi connectivity index (χ4n) is 2.69. The Balaban J connectivity index is 1.58. The lowest BCUT2D eigenvalue weighted by molar-refractivity contribution is -0.122. The summed E-state index contributed by atoms with van der Waals surface area (Å²) in [5.41, 5.74) is 1.17. The summed E-state index contributed by atoms with van der Waals surface area (Å²) in [5, 5.41) is 7.23. The Morgan fingerprint density at radius 1 is 1.52 bits per heavy atom. The first-order chi connectivity index (χ1) is 10.0. The maximum absolute atomic E-state index is 11.9. The molecule has 2 rings (SSSR count). The zero-order valence-corrected chi connectivity index (χ0v) is 13.4. The van der Waals surface area contributed by atoms with Crippen LogP contribution in [0.5, 0.6) is 0 Å². The number of aromatic nitrogens is 2. The van der Waals surface area contributed by atoms with E-state index in [0.29, 0.717) is 19.1 Å². The van der Waals surface area contributed by atoms with Crippen LogP contribution in [0.1, 0.15) is 18.4 Å². The van der Waals surface area contributed by atoms with Crippen LogP contribution < -0.4 is 5.32 Å². The first kappa shape index (κ1) is 16.0. The highest BCUT2D eigenvalue weighted by molar-refractivity contribution is 5.78. The maximum atomic E-state index is 11.9. The SMILES string of the molecule is Cc1cnn(CCCNC(=O)CN2CC[C@H](N(C)C)C2)c1. The first-order valence-corrected chi connectivity index (χ1v) is 7.69. The van der Waals surface area contributed by atoms with Crippen LogP contribution in [0.3, 0.4) is 0 Å². The Morgan fingerprint density at radius 3 is 2.95 bits per heavy atom. The van der Waals surface area contributed by atoms with Gasteiger partial charge in [0.1, 0.15) is 0 Å². The van der Waals surface area contributed by atoms with E-state index in [9.17, 15) is 4.79 Å². The smallest absolute Gasteiger partial charge is 0.234 e. The molecule has 0 saturated carbocycles. The van der Waals surface area contributed by atoms with Gasteiger partial charge in [0.25, 0.3) is 0 Å². The van der Waals surface area contributed by atoms with Crippen LogP contribution in [0.25, 0.3) is 0 Å². The van der Waals surface area contributed by atoms with Crippen LogP contribution in [0.2, 0.25) is 0 Å². The molecule has 1 aliphatic rings. The maximum Gasteiger partial charge on any atom is 0.234 e. The number of hydrogen-bond acceptors (Lipinski definition) is 4. The third kappa shape index (κ3) is 5.13. The van der Waals surface area contributed by atoms with Gasteiger partial charge in [0, 0.05) is 38.4 Å². The number of aryl methyl sites for hydroxylation is 2. The van der Waals surface area contributed by atoms with Crippen molar-refractivity contribution < 1.29 is 4.79 Å². The highest BCUT2D eigenvalue weighted by atomic mass is 16.2. The Labute approximate surface area is 127 Å². The third-order valence-corrected chi connectivity index (χ3v) is 3.99. The molecule has 6 nitrogen and oxygen atoms in total. The lowest BCUT2D eigenvalue weighted by Crippen LogP contribution is -2.38. The molecule has 0 unspecified atom stereocenters. The molecule has 1 N–H and O–H groups in total. The molecule has 1 atom stereocenters. The van der Waals surface area contributed by atoms with Gasteiger partial charge in [0.2, 0.25) is 5.91 Å². The molecule has 0 aromatic carbocycles. The van der Waals surface area contributed by atoms with E-state index < -0.39 is 0 Å². The second-order valence-electron chi connectivity index (χ2n) is 6.13. The van der Waals surface area contributed by atoms with Gasteiger partial charge in [-0.2, -0.15) is 5.10 Å². The molecule has 1 aromatic rings. The monoisotopic (exact) mass is 293 g/mol. The lowest BCUT2D eigenvalue weighted by Gasteiger charge is -2.20. The van der Waals surface area contributed by atoms with Gasteiger partial charge in [-0.25, -0.2) is 0 Å². The van der Waals surface area contributed by atoms with Crippen molar-refractivity contribution in [3.8, 4) is 0 Å². The van der Waals surface area contributed by atoms with E-state index in [1.54, 1.807) is 0 Å².